The fourth-order valence-electron chi connectivity index (χ4n) is 2.86. The third kappa shape index (κ3) is 4.89. The third-order valence-electron chi connectivity index (χ3n) is 3.73. The fourth-order valence-corrected chi connectivity index (χ4v) is 5.79. The number of hydrogen-bond acceptors (Lipinski definition) is 6. The van der Waals surface area contributed by atoms with Crippen molar-refractivity contribution >= 4 is 14.8 Å². The van der Waals surface area contributed by atoms with E-state index in [1.807, 2.05) is 0 Å². The Morgan fingerprint density at radius 1 is 1.32 bits per heavy atom. The predicted octanol–water partition coefficient (Wildman–Crippen LogP) is 1.59. The van der Waals surface area contributed by atoms with Gasteiger partial charge in [0, 0.05) is 31.3 Å². The number of nitrogens with zero attached hydrogens (tertiary/aromatic N) is 1. The molecular weight excluding hydrogens is 302 g/mol. The van der Waals surface area contributed by atoms with Crippen molar-refractivity contribution in [3.05, 3.63) is 12.2 Å². The number of ether oxygens (including phenoxy) is 1. The van der Waals surface area contributed by atoms with Gasteiger partial charge in [0.05, 0.1) is 25.4 Å². The summed E-state index contributed by atoms with van der Waals surface area (Å²) < 4.78 is 23.5. The molecule has 0 aromatic rings. The second kappa shape index (κ2) is 7.70. The van der Waals surface area contributed by atoms with Gasteiger partial charge < -0.3 is 18.0 Å². The van der Waals surface area contributed by atoms with Crippen molar-refractivity contribution in [2.24, 2.45) is 0 Å². The molecule has 0 N–H and O–H groups in total. The molecule has 0 saturated carbocycles. The summed E-state index contributed by atoms with van der Waals surface area (Å²) in [4.78, 5) is 13.7. The maximum atomic E-state index is 11.4. The zero-order chi connectivity index (χ0) is 16.2. The van der Waals surface area contributed by atoms with Crippen LogP contribution >= 0.6 is 0 Å². The normalized spacial score (nSPS) is 35.3. The summed E-state index contributed by atoms with van der Waals surface area (Å²) in [5, 5.41) is 0. The Bertz CT molecular complexity index is 403. The van der Waals surface area contributed by atoms with E-state index in [0.29, 0.717) is 31.3 Å². The lowest BCUT2D eigenvalue weighted by Gasteiger charge is -2.43. The highest BCUT2D eigenvalue weighted by Crippen LogP contribution is 2.26. The summed E-state index contributed by atoms with van der Waals surface area (Å²) in [5.41, 5.74) is 0.415. The first-order valence-corrected chi connectivity index (χ1v) is 9.88. The van der Waals surface area contributed by atoms with Crippen LogP contribution in [0.3, 0.4) is 0 Å². The smallest absolute Gasteiger partial charge is 0.462 e. The molecular formula is C15H27NO5Si. The predicted molar refractivity (Wildman–Crippen MR) is 84.4 cm³/mol. The fraction of sp³-hybridized carbons (Fsp3) is 0.800. The molecule has 3 rings (SSSR count). The lowest BCUT2D eigenvalue weighted by atomic mass is 10.3. The average molecular weight is 329 g/mol. The van der Waals surface area contributed by atoms with Crippen LogP contribution in [0.1, 0.15) is 27.2 Å². The maximum absolute atomic E-state index is 11.4. The summed E-state index contributed by atoms with van der Waals surface area (Å²) in [6.07, 6.45) is 0.865. The SMILES string of the molecule is C=C(C)C(=O)OCCC[Si]12OCCN(CC(C)O1)CC(C)O2. The van der Waals surface area contributed by atoms with Gasteiger partial charge in [0.25, 0.3) is 0 Å². The highest BCUT2D eigenvalue weighted by Gasteiger charge is 2.47. The molecule has 2 atom stereocenters. The van der Waals surface area contributed by atoms with E-state index in [2.05, 4.69) is 25.3 Å². The van der Waals surface area contributed by atoms with Crippen LogP contribution in [-0.2, 0) is 22.8 Å². The van der Waals surface area contributed by atoms with Crippen molar-refractivity contribution in [2.75, 3.05) is 32.8 Å². The Labute approximate surface area is 133 Å². The molecule has 3 fully saturated rings. The third-order valence-corrected chi connectivity index (χ3v) is 6.86. The molecule has 0 amide bonds. The van der Waals surface area contributed by atoms with Crippen LogP contribution in [0.4, 0.5) is 0 Å². The minimum absolute atomic E-state index is 0.0948. The Hall–Kier alpha value is -0.733. The number of fused-ring (bicyclic) bond motifs is 6. The second-order valence-corrected chi connectivity index (χ2v) is 8.79. The van der Waals surface area contributed by atoms with E-state index >= 15 is 0 Å². The lowest BCUT2D eigenvalue weighted by molar-refractivity contribution is -0.139. The lowest BCUT2D eigenvalue weighted by Crippen LogP contribution is -2.59. The summed E-state index contributed by atoms with van der Waals surface area (Å²) in [6, 6.07) is 0.672. The largest absolute Gasteiger partial charge is 0.501 e. The zero-order valence-corrected chi connectivity index (χ0v) is 14.8. The maximum Gasteiger partial charge on any atom is 0.501 e. The van der Waals surface area contributed by atoms with Gasteiger partial charge in [-0.2, -0.15) is 0 Å². The van der Waals surface area contributed by atoms with E-state index in [4.69, 9.17) is 18.0 Å². The quantitative estimate of drug-likeness (QED) is 0.330. The summed E-state index contributed by atoms with van der Waals surface area (Å²) >= 11 is 0. The first kappa shape index (κ1) is 17.6. The van der Waals surface area contributed by atoms with Gasteiger partial charge in [-0.1, -0.05) is 6.58 Å². The van der Waals surface area contributed by atoms with Crippen LogP contribution in [-0.4, -0.2) is 64.7 Å². The van der Waals surface area contributed by atoms with Gasteiger partial charge in [0.1, 0.15) is 0 Å². The molecule has 3 saturated heterocycles. The van der Waals surface area contributed by atoms with Gasteiger partial charge in [-0.05, 0) is 27.2 Å². The van der Waals surface area contributed by atoms with Crippen molar-refractivity contribution in [3.63, 3.8) is 0 Å². The molecule has 0 aliphatic carbocycles. The van der Waals surface area contributed by atoms with Gasteiger partial charge in [-0.15, -0.1) is 0 Å². The van der Waals surface area contributed by atoms with E-state index < -0.39 is 8.80 Å². The standard InChI is InChI=1S/C15H27NO5Si/c1-12(2)15(17)18-7-5-9-22-19-8-6-16(10-13(3)20-22)11-14(4)21-22/h13-14H,1,5-11H2,2-4H3. The summed E-state index contributed by atoms with van der Waals surface area (Å²) in [6.45, 7) is 13.1. The number of hydrogen-bond donors (Lipinski definition) is 0. The Balaban J connectivity index is 1.92. The number of carbonyl (C=O) groups is 1. The van der Waals surface area contributed by atoms with Gasteiger partial charge in [-0.3, -0.25) is 4.90 Å². The van der Waals surface area contributed by atoms with Crippen LogP contribution < -0.4 is 0 Å². The molecule has 3 aliphatic heterocycles. The van der Waals surface area contributed by atoms with E-state index in [0.717, 1.165) is 19.6 Å². The first-order valence-electron chi connectivity index (χ1n) is 7.95. The molecule has 2 bridgehead atoms. The minimum Gasteiger partial charge on any atom is -0.462 e. The molecule has 3 heterocycles. The van der Waals surface area contributed by atoms with Gasteiger partial charge in [0.2, 0.25) is 0 Å². The van der Waals surface area contributed by atoms with Crippen molar-refractivity contribution < 1.29 is 22.8 Å². The topological polar surface area (TPSA) is 57.2 Å². The van der Waals surface area contributed by atoms with Crippen LogP contribution in [0.25, 0.3) is 0 Å². The molecule has 0 aromatic carbocycles. The second-order valence-electron chi connectivity index (χ2n) is 6.17. The van der Waals surface area contributed by atoms with E-state index in [1.54, 1.807) is 6.92 Å². The van der Waals surface area contributed by atoms with E-state index in [9.17, 15) is 4.79 Å². The number of rotatable bonds is 5. The molecule has 0 radical (unpaired) electrons. The molecule has 0 spiro atoms. The zero-order valence-electron chi connectivity index (χ0n) is 13.8. The van der Waals surface area contributed by atoms with Crippen LogP contribution in [0.2, 0.25) is 6.04 Å². The Morgan fingerprint density at radius 3 is 2.55 bits per heavy atom. The van der Waals surface area contributed by atoms with Gasteiger partial charge in [0.15, 0.2) is 0 Å². The molecule has 126 valence electrons. The highest BCUT2D eigenvalue weighted by molar-refractivity contribution is 6.60. The summed E-state index contributed by atoms with van der Waals surface area (Å²) in [5.74, 6) is -0.352. The van der Waals surface area contributed by atoms with Crippen molar-refractivity contribution in [3.8, 4) is 0 Å². The summed E-state index contributed by atoms with van der Waals surface area (Å²) in [7, 11) is -2.69. The van der Waals surface area contributed by atoms with Crippen LogP contribution in [0, 0.1) is 0 Å². The Kier molecular flexibility index (Phi) is 6.16. The molecule has 3 aliphatic rings. The minimum atomic E-state index is -2.69. The molecule has 7 heteroatoms. The van der Waals surface area contributed by atoms with Crippen molar-refractivity contribution in [1.29, 1.82) is 0 Å². The number of carbonyl (C=O) groups excluding carboxylic acids is 1. The average Bonchev–Trinajstić information content (AvgIpc) is 2.38. The molecule has 2 unspecified atom stereocenters. The molecule has 6 nitrogen and oxygen atoms in total. The van der Waals surface area contributed by atoms with Crippen LogP contribution in [0.15, 0.2) is 12.2 Å². The Morgan fingerprint density at radius 2 is 1.95 bits per heavy atom. The molecule has 0 aromatic heterocycles. The number of esters is 1. The van der Waals surface area contributed by atoms with Crippen molar-refractivity contribution in [2.45, 2.75) is 45.4 Å². The van der Waals surface area contributed by atoms with E-state index in [-0.39, 0.29) is 18.2 Å². The van der Waals surface area contributed by atoms with Crippen LogP contribution in [0.5, 0.6) is 0 Å². The molecule has 22 heavy (non-hydrogen) atoms. The van der Waals surface area contributed by atoms with E-state index in [1.165, 1.54) is 0 Å². The van der Waals surface area contributed by atoms with Crippen molar-refractivity contribution in [1.82, 2.24) is 4.90 Å². The monoisotopic (exact) mass is 329 g/mol. The first-order chi connectivity index (χ1) is 10.4. The highest BCUT2D eigenvalue weighted by atomic mass is 28.4. The van der Waals surface area contributed by atoms with Gasteiger partial charge in [-0.25, -0.2) is 4.79 Å². The van der Waals surface area contributed by atoms with Gasteiger partial charge >= 0.3 is 14.8 Å².